The maximum absolute atomic E-state index is 9.65. The molecule has 0 amide bonds. The van der Waals surface area contributed by atoms with Gasteiger partial charge in [0.25, 0.3) is 0 Å². The van der Waals surface area contributed by atoms with Crippen molar-refractivity contribution >= 4 is 11.9 Å². The van der Waals surface area contributed by atoms with Gasteiger partial charge in [-0.1, -0.05) is 26.7 Å². The molecule has 0 unspecified atom stereocenters. The topological polar surface area (TPSA) is 80.3 Å². The number of unbranched alkanes of at least 4 members (excludes halogenated alkanes) is 2. The van der Waals surface area contributed by atoms with E-state index in [0.717, 1.165) is 25.7 Å². The Kier molecular flexibility index (Phi) is 21.2. The van der Waals surface area contributed by atoms with Crippen LogP contribution < -0.4 is 10.2 Å². The van der Waals surface area contributed by atoms with Gasteiger partial charge < -0.3 is 19.8 Å². The second-order valence-electron chi connectivity index (χ2n) is 2.95. The van der Waals surface area contributed by atoms with E-state index in [0.29, 0.717) is 0 Å². The van der Waals surface area contributed by atoms with Crippen LogP contribution in [0.15, 0.2) is 0 Å². The van der Waals surface area contributed by atoms with Crippen molar-refractivity contribution in [2.75, 3.05) is 0 Å². The quantitative estimate of drug-likeness (QED) is 0.660. The van der Waals surface area contributed by atoms with Gasteiger partial charge in [0.15, 0.2) is 0 Å². The second kappa shape index (κ2) is 15.9. The van der Waals surface area contributed by atoms with E-state index >= 15 is 0 Å². The standard InChI is InChI=1S/2C5H10O2.Cr/c2*1-2-3-4-5(6)7;/h2*2-4H2,1H3,(H,6,7);/q;;+2/p-2. The van der Waals surface area contributed by atoms with Gasteiger partial charge in [-0.2, -0.15) is 0 Å². The van der Waals surface area contributed by atoms with Crippen LogP contribution in [0.2, 0.25) is 0 Å². The second-order valence-corrected chi connectivity index (χ2v) is 2.95. The van der Waals surface area contributed by atoms with Crippen molar-refractivity contribution in [2.45, 2.75) is 52.4 Å². The zero-order valence-electron chi connectivity index (χ0n) is 9.28. The summed E-state index contributed by atoms with van der Waals surface area (Å²) >= 11 is 0. The van der Waals surface area contributed by atoms with Gasteiger partial charge in [-0.15, -0.1) is 0 Å². The van der Waals surface area contributed by atoms with Gasteiger partial charge in [-0.3, -0.25) is 0 Å². The van der Waals surface area contributed by atoms with Crippen LogP contribution in [0.1, 0.15) is 52.4 Å². The fraction of sp³-hybridized carbons (Fsp3) is 0.800. The zero-order valence-corrected chi connectivity index (χ0v) is 10.6. The number of hydrogen-bond donors (Lipinski definition) is 0. The normalized spacial score (nSPS) is 8.13. The summed E-state index contributed by atoms with van der Waals surface area (Å²) in [5, 5.41) is 19.3. The minimum absolute atomic E-state index is 0. The van der Waals surface area contributed by atoms with E-state index in [2.05, 4.69) is 0 Å². The summed E-state index contributed by atoms with van der Waals surface area (Å²) in [5.41, 5.74) is 0. The van der Waals surface area contributed by atoms with Crippen molar-refractivity contribution in [1.29, 1.82) is 0 Å². The molecule has 5 heteroatoms. The van der Waals surface area contributed by atoms with Crippen molar-refractivity contribution in [3.63, 3.8) is 0 Å². The van der Waals surface area contributed by atoms with E-state index in [9.17, 15) is 19.8 Å². The van der Waals surface area contributed by atoms with Crippen molar-refractivity contribution in [3.8, 4) is 0 Å². The van der Waals surface area contributed by atoms with Crippen LogP contribution in [0.5, 0.6) is 0 Å². The van der Waals surface area contributed by atoms with Gasteiger partial charge in [0.2, 0.25) is 0 Å². The van der Waals surface area contributed by atoms with Gasteiger partial charge >= 0.3 is 17.4 Å². The van der Waals surface area contributed by atoms with Crippen LogP contribution in [-0.2, 0) is 27.0 Å². The fourth-order valence-electron chi connectivity index (χ4n) is 0.642. The van der Waals surface area contributed by atoms with Gasteiger partial charge in [0.05, 0.1) is 0 Å². The number of carboxylic acid groups (broad SMARTS) is 2. The molecule has 0 fully saturated rings. The molecule has 0 aliphatic carbocycles. The van der Waals surface area contributed by atoms with Gasteiger partial charge in [-0.25, -0.2) is 0 Å². The van der Waals surface area contributed by atoms with Gasteiger partial charge in [0, 0.05) is 11.9 Å². The Labute approximate surface area is 102 Å². The fourth-order valence-corrected chi connectivity index (χ4v) is 0.642. The third kappa shape index (κ3) is 31.8. The molecule has 0 heterocycles. The van der Waals surface area contributed by atoms with Crippen molar-refractivity contribution in [3.05, 3.63) is 0 Å². The third-order valence-corrected chi connectivity index (χ3v) is 1.47. The van der Waals surface area contributed by atoms with Gasteiger partial charge in [-0.05, 0) is 25.7 Å². The minimum Gasteiger partial charge on any atom is -0.550 e. The number of rotatable bonds is 6. The molecule has 4 nitrogen and oxygen atoms in total. The molecule has 0 N–H and O–H groups in total. The molecule has 0 saturated carbocycles. The molecule has 0 rings (SSSR count). The minimum atomic E-state index is -0.943. The molecule has 0 saturated heterocycles. The molecular formula is C10H18CrO4. The average molecular weight is 254 g/mol. The molecular weight excluding hydrogens is 236 g/mol. The Morgan fingerprint density at radius 3 is 1.20 bits per heavy atom. The summed E-state index contributed by atoms with van der Waals surface area (Å²) in [6.07, 6.45) is 3.74. The molecule has 0 aromatic heterocycles. The van der Waals surface area contributed by atoms with Crippen LogP contribution in [0.3, 0.4) is 0 Å². The van der Waals surface area contributed by atoms with Crippen LogP contribution in [0, 0.1) is 0 Å². The van der Waals surface area contributed by atoms with Crippen molar-refractivity contribution in [1.82, 2.24) is 0 Å². The Morgan fingerprint density at radius 2 is 1.13 bits per heavy atom. The molecule has 0 aromatic carbocycles. The SMILES string of the molecule is CCCCC(=O)[O-].CCCCC(=O)[O-].[Cr+2]. The third-order valence-electron chi connectivity index (χ3n) is 1.47. The average Bonchev–Trinajstić information content (AvgIpc) is 2.12. The number of carbonyl (C=O) groups excluding carboxylic acids is 2. The van der Waals surface area contributed by atoms with Crippen LogP contribution in [0.4, 0.5) is 0 Å². The monoisotopic (exact) mass is 254 g/mol. The van der Waals surface area contributed by atoms with Gasteiger partial charge in [0.1, 0.15) is 0 Å². The molecule has 88 valence electrons. The predicted molar refractivity (Wildman–Crippen MR) is 49.1 cm³/mol. The Hall–Kier alpha value is -0.528. The number of carbonyl (C=O) groups is 2. The summed E-state index contributed by atoms with van der Waals surface area (Å²) in [5.74, 6) is -1.89. The van der Waals surface area contributed by atoms with Crippen LogP contribution >= 0.6 is 0 Å². The molecule has 0 atom stereocenters. The summed E-state index contributed by atoms with van der Waals surface area (Å²) in [7, 11) is 0. The summed E-state index contributed by atoms with van der Waals surface area (Å²) in [6, 6.07) is 0. The Bertz CT molecular complexity index is 142. The smallest absolute Gasteiger partial charge is 0.550 e. The molecule has 0 aromatic rings. The first kappa shape index (κ1) is 20.0. The number of carboxylic acids is 2. The van der Waals surface area contributed by atoms with Crippen molar-refractivity contribution < 1.29 is 37.2 Å². The first-order valence-electron chi connectivity index (χ1n) is 4.94. The first-order valence-corrected chi connectivity index (χ1v) is 4.94. The maximum Gasteiger partial charge on any atom is 2.00 e. The molecule has 0 aliphatic heterocycles. The maximum atomic E-state index is 9.65. The molecule has 0 spiro atoms. The molecule has 0 bridgehead atoms. The first-order chi connectivity index (χ1) is 6.54. The molecule has 15 heavy (non-hydrogen) atoms. The summed E-state index contributed by atoms with van der Waals surface area (Å²) in [4.78, 5) is 19.3. The summed E-state index contributed by atoms with van der Waals surface area (Å²) < 4.78 is 0. The van der Waals surface area contributed by atoms with Crippen molar-refractivity contribution in [2.24, 2.45) is 0 Å². The van der Waals surface area contributed by atoms with Crippen LogP contribution in [-0.4, -0.2) is 11.9 Å². The molecule has 0 aliphatic rings. The van der Waals surface area contributed by atoms with E-state index in [-0.39, 0.29) is 30.2 Å². The van der Waals surface area contributed by atoms with E-state index < -0.39 is 11.9 Å². The largest absolute Gasteiger partial charge is 2.00 e. The van der Waals surface area contributed by atoms with E-state index in [1.165, 1.54) is 0 Å². The molecule has 0 radical (unpaired) electrons. The predicted octanol–water partition coefficient (Wildman–Crippen LogP) is -0.149. The Morgan fingerprint density at radius 1 is 0.867 bits per heavy atom. The van der Waals surface area contributed by atoms with E-state index in [1.807, 2.05) is 13.8 Å². The Balaban J connectivity index is -0.000000180. The van der Waals surface area contributed by atoms with E-state index in [4.69, 9.17) is 0 Å². The van der Waals surface area contributed by atoms with Crippen LogP contribution in [0.25, 0.3) is 0 Å². The summed E-state index contributed by atoms with van der Waals surface area (Å²) in [6.45, 7) is 3.89. The van der Waals surface area contributed by atoms with E-state index in [1.54, 1.807) is 0 Å². The zero-order chi connectivity index (χ0) is 11.4. The number of hydrogen-bond acceptors (Lipinski definition) is 4. The number of aliphatic carboxylic acids is 2.